The van der Waals surface area contributed by atoms with Crippen LogP contribution in [-0.2, 0) is 10.0 Å². The van der Waals surface area contributed by atoms with Crippen LogP contribution in [0.4, 0.5) is 0 Å². The Bertz CT molecular complexity index is 806. The summed E-state index contributed by atoms with van der Waals surface area (Å²) in [7, 11) is -3.37. The molecule has 2 rings (SSSR count). The van der Waals surface area contributed by atoms with Crippen molar-refractivity contribution >= 4 is 10.0 Å². The second-order valence-electron chi connectivity index (χ2n) is 4.94. The number of rotatable bonds is 4. The third-order valence-corrected chi connectivity index (χ3v) is 4.29. The van der Waals surface area contributed by atoms with E-state index in [0.717, 1.165) is 16.7 Å². The Kier molecular flexibility index (Phi) is 10.9. The van der Waals surface area contributed by atoms with Crippen LogP contribution in [0.25, 0.3) is 0 Å². The van der Waals surface area contributed by atoms with Gasteiger partial charge in [-0.1, -0.05) is 44.2 Å². The zero-order chi connectivity index (χ0) is 19.3. The molecule has 2 aromatic rings. The van der Waals surface area contributed by atoms with E-state index >= 15 is 0 Å². The molecule has 0 bridgehead atoms. The lowest BCUT2D eigenvalue weighted by molar-refractivity contribution is 0.585. The second-order valence-corrected chi connectivity index (χ2v) is 6.71. The van der Waals surface area contributed by atoms with Crippen LogP contribution in [0, 0.1) is 25.2 Å². The zero-order valence-corrected chi connectivity index (χ0v) is 16.1. The molecular formula is C20H26N2O2S. The van der Waals surface area contributed by atoms with Crippen LogP contribution >= 0.6 is 0 Å². The molecule has 0 aliphatic heterocycles. The van der Waals surface area contributed by atoms with Gasteiger partial charge in [-0.05, 0) is 49.2 Å². The summed E-state index contributed by atoms with van der Waals surface area (Å²) in [6, 6.07) is 16.4. The summed E-state index contributed by atoms with van der Waals surface area (Å²) in [5.41, 5.74) is 2.79. The molecule has 0 unspecified atom stereocenters. The van der Waals surface area contributed by atoms with E-state index in [-0.39, 0.29) is 6.54 Å². The van der Waals surface area contributed by atoms with Gasteiger partial charge in [-0.3, -0.25) is 0 Å². The van der Waals surface area contributed by atoms with Gasteiger partial charge in [-0.2, -0.15) is 5.26 Å². The molecule has 25 heavy (non-hydrogen) atoms. The van der Waals surface area contributed by atoms with Gasteiger partial charge in [0.15, 0.2) is 0 Å². The van der Waals surface area contributed by atoms with Gasteiger partial charge in [-0.25, -0.2) is 13.1 Å². The molecule has 5 heteroatoms. The quantitative estimate of drug-likeness (QED) is 0.826. The van der Waals surface area contributed by atoms with Gasteiger partial charge in [0.25, 0.3) is 0 Å². The summed E-state index contributed by atoms with van der Waals surface area (Å²) in [5, 5.41) is 8.41. The minimum Gasteiger partial charge on any atom is -0.207 e. The van der Waals surface area contributed by atoms with Crippen LogP contribution < -0.4 is 4.72 Å². The first-order chi connectivity index (χ1) is 11.9. The van der Waals surface area contributed by atoms with Crippen molar-refractivity contribution in [3.63, 3.8) is 0 Å². The van der Waals surface area contributed by atoms with Crippen LogP contribution in [0.2, 0.25) is 0 Å². The first-order valence-corrected chi connectivity index (χ1v) is 9.51. The van der Waals surface area contributed by atoms with Crippen LogP contribution in [0.1, 0.15) is 30.5 Å². The predicted octanol–water partition coefficient (Wildman–Crippen LogP) is 4.35. The van der Waals surface area contributed by atoms with Gasteiger partial charge in [0.1, 0.15) is 0 Å². The number of nitriles is 1. The van der Waals surface area contributed by atoms with Crippen molar-refractivity contribution in [3.8, 4) is 6.07 Å². The van der Waals surface area contributed by atoms with Crippen LogP contribution in [-0.4, -0.2) is 15.0 Å². The summed E-state index contributed by atoms with van der Waals surface area (Å²) in [6.45, 7) is 11.5. The van der Waals surface area contributed by atoms with Crippen LogP contribution in [0.5, 0.6) is 0 Å². The molecule has 0 radical (unpaired) electrons. The van der Waals surface area contributed by atoms with E-state index in [2.05, 4.69) is 17.4 Å². The largest absolute Gasteiger partial charge is 0.240 e. The van der Waals surface area contributed by atoms with Crippen molar-refractivity contribution in [2.45, 2.75) is 32.6 Å². The van der Waals surface area contributed by atoms with E-state index < -0.39 is 10.0 Å². The highest BCUT2D eigenvalue weighted by atomic mass is 32.2. The van der Waals surface area contributed by atoms with Crippen molar-refractivity contribution in [2.24, 2.45) is 0 Å². The second kappa shape index (κ2) is 12.0. The average molecular weight is 359 g/mol. The van der Waals surface area contributed by atoms with Gasteiger partial charge < -0.3 is 0 Å². The SMILES string of the molecule is C=CCNS(=O)(=O)c1cccc(C)c1.CC.Cc1cccc(C#N)c1. The fourth-order valence-corrected chi connectivity index (χ4v) is 2.85. The molecule has 0 aromatic heterocycles. The Morgan fingerprint density at radius 3 is 2.08 bits per heavy atom. The summed E-state index contributed by atoms with van der Waals surface area (Å²) in [4.78, 5) is 0.291. The number of aryl methyl sites for hydroxylation is 2. The smallest absolute Gasteiger partial charge is 0.207 e. The topological polar surface area (TPSA) is 70.0 Å². The van der Waals surface area contributed by atoms with Crippen molar-refractivity contribution in [1.82, 2.24) is 4.72 Å². The van der Waals surface area contributed by atoms with E-state index in [1.54, 1.807) is 24.3 Å². The summed E-state index contributed by atoms with van der Waals surface area (Å²) < 4.78 is 25.6. The lowest BCUT2D eigenvalue weighted by Gasteiger charge is -2.04. The molecule has 4 nitrogen and oxygen atoms in total. The Morgan fingerprint density at radius 2 is 1.64 bits per heavy atom. The van der Waals surface area contributed by atoms with Crippen molar-refractivity contribution in [1.29, 1.82) is 5.26 Å². The Hall–Kier alpha value is -2.42. The molecule has 2 aromatic carbocycles. The first-order valence-electron chi connectivity index (χ1n) is 8.03. The minimum absolute atomic E-state index is 0.246. The molecule has 0 atom stereocenters. The maximum atomic E-state index is 11.6. The maximum absolute atomic E-state index is 11.6. The van der Waals surface area contributed by atoms with E-state index in [1.165, 1.54) is 6.08 Å². The highest BCUT2D eigenvalue weighted by Gasteiger charge is 2.11. The molecular weight excluding hydrogens is 332 g/mol. The number of sulfonamides is 1. The molecule has 1 N–H and O–H groups in total. The number of nitrogens with one attached hydrogen (secondary N) is 1. The van der Waals surface area contributed by atoms with E-state index in [0.29, 0.717) is 4.90 Å². The molecule has 0 aliphatic rings. The van der Waals surface area contributed by atoms with E-state index in [9.17, 15) is 8.42 Å². The van der Waals surface area contributed by atoms with Crippen molar-refractivity contribution < 1.29 is 8.42 Å². The number of benzene rings is 2. The van der Waals surface area contributed by atoms with E-state index in [4.69, 9.17) is 5.26 Å². The molecule has 0 heterocycles. The summed E-state index contributed by atoms with van der Waals surface area (Å²) >= 11 is 0. The first kappa shape index (κ1) is 22.6. The van der Waals surface area contributed by atoms with Gasteiger partial charge in [0, 0.05) is 6.54 Å². The molecule has 0 saturated heterocycles. The lowest BCUT2D eigenvalue weighted by atomic mass is 10.2. The molecule has 0 fully saturated rings. The van der Waals surface area contributed by atoms with Gasteiger partial charge in [-0.15, -0.1) is 6.58 Å². The molecule has 134 valence electrons. The maximum Gasteiger partial charge on any atom is 0.240 e. The normalized spacial score (nSPS) is 9.56. The Balaban J connectivity index is 0.000000451. The van der Waals surface area contributed by atoms with Crippen molar-refractivity contribution in [3.05, 3.63) is 77.9 Å². The monoisotopic (exact) mass is 358 g/mol. The van der Waals surface area contributed by atoms with E-state index in [1.807, 2.05) is 52.0 Å². The Morgan fingerprint density at radius 1 is 1.08 bits per heavy atom. The van der Waals surface area contributed by atoms with Crippen molar-refractivity contribution in [2.75, 3.05) is 6.54 Å². The Labute approximate surface area is 151 Å². The third-order valence-electron chi connectivity index (χ3n) is 2.86. The molecule has 0 amide bonds. The van der Waals surface area contributed by atoms with Gasteiger partial charge >= 0.3 is 0 Å². The van der Waals surface area contributed by atoms with Gasteiger partial charge in [0.2, 0.25) is 10.0 Å². The lowest BCUT2D eigenvalue weighted by Crippen LogP contribution is -2.23. The van der Waals surface area contributed by atoms with Gasteiger partial charge in [0.05, 0.1) is 16.5 Å². The standard InChI is InChI=1S/C10H13NO2S.C8H7N.C2H6/c1-3-7-11-14(12,13)10-6-4-5-9(2)8-10;1-7-3-2-4-8(5-7)6-9;1-2/h3-6,8,11H,1,7H2,2H3;2-5H,1H3;1-2H3. The van der Waals surface area contributed by atoms with Crippen LogP contribution in [0.3, 0.4) is 0 Å². The highest BCUT2D eigenvalue weighted by Crippen LogP contribution is 2.10. The summed E-state index contributed by atoms with van der Waals surface area (Å²) in [5.74, 6) is 0. The van der Waals surface area contributed by atoms with Crippen LogP contribution in [0.15, 0.2) is 66.1 Å². The number of hydrogen-bond donors (Lipinski definition) is 1. The zero-order valence-electron chi connectivity index (χ0n) is 15.3. The number of nitrogens with zero attached hydrogens (tertiary/aromatic N) is 1. The molecule has 0 spiro atoms. The fraction of sp³-hybridized carbons (Fsp3) is 0.250. The third kappa shape index (κ3) is 8.85. The fourth-order valence-electron chi connectivity index (χ4n) is 1.75. The number of hydrogen-bond acceptors (Lipinski definition) is 3. The molecule has 0 aliphatic carbocycles. The summed E-state index contributed by atoms with van der Waals surface area (Å²) in [6.07, 6.45) is 1.51. The minimum atomic E-state index is -3.37. The average Bonchev–Trinajstić information content (AvgIpc) is 2.62. The molecule has 0 saturated carbocycles. The highest BCUT2D eigenvalue weighted by molar-refractivity contribution is 7.89. The predicted molar refractivity (Wildman–Crippen MR) is 104 cm³/mol.